The Morgan fingerprint density at radius 3 is 2.89 bits per heavy atom. The molecule has 0 aliphatic heterocycles. The van der Waals surface area contributed by atoms with Crippen LogP contribution in [0, 0.1) is 5.92 Å². The summed E-state index contributed by atoms with van der Waals surface area (Å²) in [6, 6.07) is 4.89. The van der Waals surface area contributed by atoms with E-state index < -0.39 is 5.76 Å². The number of aromatic nitrogens is 1. The molecule has 1 aromatic heterocycles. The largest absolute Gasteiger partial charge is 0.420 e. The topological polar surface area (TPSA) is 90.3 Å². The fourth-order valence-electron chi connectivity index (χ4n) is 1.75. The molecule has 2 rings (SSSR count). The molecule has 6 heteroatoms. The van der Waals surface area contributed by atoms with E-state index >= 15 is 0 Å². The van der Waals surface area contributed by atoms with Gasteiger partial charge in [0.2, 0.25) is 5.91 Å². The second-order valence-corrected chi connectivity index (χ2v) is 4.88. The minimum absolute atomic E-state index is 0.0675. The van der Waals surface area contributed by atoms with Gasteiger partial charge in [0, 0.05) is 12.2 Å². The summed E-state index contributed by atoms with van der Waals surface area (Å²) in [4.78, 5) is 23.5. The molecular formula is C13H17N3O3. The van der Waals surface area contributed by atoms with Gasteiger partial charge in [-0.2, -0.15) is 0 Å². The summed E-state index contributed by atoms with van der Waals surface area (Å²) in [5.41, 5.74) is 7.15. The third kappa shape index (κ3) is 2.96. The molecule has 1 amide bonds. The quantitative estimate of drug-likeness (QED) is 0.803. The number of rotatable bonds is 4. The maximum atomic E-state index is 11.8. The summed E-state index contributed by atoms with van der Waals surface area (Å²) in [5, 5.41) is 2.76. The number of nitrogens with two attached hydrogens (primary N) is 1. The molecule has 102 valence electrons. The number of nitrogens with zero attached hydrogens (tertiary/aromatic N) is 1. The first-order chi connectivity index (χ1) is 8.97. The molecule has 19 heavy (non-hydrogen) atoms. The first-order valence-corrected chi connectivity index (χ1v) is 6.13. The molecule has 0 saturated heterocycles. The lowest BCUT2D eigenvalue weighted by Crippen LogP contribution is -2.33. The van der Waals surface area contributed by atoms with Crippen LogP contribution in [0.3, 0.4) is 0 Å². The monoisotopic (exact) mass is 263 g/mol. The zero-order chi connectivity index (χ0) is 14.0. The summed E-state index contributed by atoms with van der Waals surface area (Å²) < 4.78 is 6.33. The molecule has 0 saturated carbocycles. The molecule has 0 bridgehead atoms. The van der Waals surface area contributed by atoms with E-state index in [-0.39, 0.29) is 12.5 Å². The Morgan fingerprint density at radius 1 is 1.47 bits per heavy atom. The minimum Gasteiger partial charge on any atom is -0.408 e. The maximum Gasteiger partial charge on any atom is 0.420 e. The highest BCUT2D eigenvalue weighted by Crippen LogP contribution is 2.16. The summed E-state index contributed by atoms with van der Waals surface area (Å²) in [7, 11) is 0. The number of benzene rings is 1. The van der Waals surface area contributed by atoms with E-state index in [1.165, 1.54) is 4.57 Å². The molecule has 0 spiro atoms. The number of amides is 1. The number of fused-ring (bicyclic) bond motifs is 1. The lowest BCUT2D eigenvalue weighted by molar-refractivity contribution is -0.121. The lowest BCUT2D eigenvalue weighted by atomic mass is 10.2. The van der Waals surface area contributed by atoms with E-state index in [4.69, 9.17) is 10.2 Å². The van der Waals surface area contributed by atoms with Gasteiger partial charge in [0.05, 0.1) is 5.52 Å². The predicted octanol–water partition coefficient (Wildman–Crippen LogP) is 0.949. The molecule has 0 atom stereocenters. The third-order valence-electron chi connectivity index (χ3n) is 2.70. The van der Waals surface area contributed by atoms with Crippen LogP contribution in [-0.4, -0.2) is 17.0 Å². The van der Waals surface area contributed by atoms with Crippen molar-refractivity contribution < 1.29 is 9.21 Å². The zero-order valence-electron chi connectivity index (χ0n) is 11.0. The fourth-order valence-corrected chi connectivity index (χ4v) is 1.75. The number of anilines is 1. The Bertz CT molecular complexity index is 655. The highest BCUT2D eigenvalue weighted by Gasteiger charge is 2.12. The van der Waals surface area contributed by atoms with Crippen LogP contribution in [-0.2, 0) is 11.3 Å². The van der Waals surface area contributed by atoms with E-state index in [1.807, 2.05) is 13.8 Å². The number of nitrogens with one attached hydrogen (secondary N) is 1. The van der Waals surface area contributed by atoms with Gasteiger partial charge < -0.3 is 15.5 Å². The van der Waals surface area contributed by atoms with Gasteiger partial charge >= 0.3 is 5.76 Å². The normalized spacial score (nSPS) is 11.1. The minimum atomic E-state index is -0.555. The number of nitrogen functional groups attached to an aromatic ring is 1. The van der Waals surface area contributed by atoms with Crippen molar-refractivity contribution in [2.24, 2.45) is 5.92 Å². The van der Waals surface area contributed by atoms with E-state index in [1.54, 1.807) is 18.2 Å². The molecular weight excluding hydrogens is 246 g/mol. The highest BCUT2D eigenvalue weighted by atomic mass is 16.4. The van der Waals surface area contributed by atoms with Crippen molar-refractivity contribution in [3.63, 3.8) is 0 Å². The average molecular weight is 263 g/mol. The summed E-state index contributed by atoms with van der Waals surface area (Å²) in [6.45, 7) is 4.51. The molecule has 1 aromatic carbocycles. The molecule has 0 radical (unpaired) electrons. The second kappa shape index (κ2) is 5.17. The number of hydrogen-bond donors (Lipinski definition) is 2. The van der Waals surface area contributed by atoms with Crippen LogP contribution in [0.25, 0.3) is 11.1 Å². The molecule has 3 N–H and O–H groups in total. The van der Waals surface area contributed by atoms with E-state index in [0.717, 1.165) is 0 Å². The molecule has 0 fully saturated rings. The van der Waals surface area contributed by atoms with Crippen molar-refractivity contribution in [3.8, 4) is 0 Å². The van der Waals surface area contributed by atoms with Gasteiger partial charge in [-0.1, -0.05) is 13.8 Å². The summed E-state index contributed by atoms with van der Waals surface area (Å²) in [6.07, 6.45) is 0. The van der Waals surface area contributed by atoms with Gasteiger partial charge in [0.15, 0.2) is 5.58 Å². The van der Waals surface area contributed by atoms with Crippen LogP contribution in [0.4, 0.5) is 5.69 Å². The summed E-state index contributed by atoms with van der Waals surface area (Å²) >= 11 is 0. The van der Waals surface area contributed by atoms with E-state index in [2.05, 4.69) is 5.32 Å². The third-order valence-corrected chi connectivity index (χ3v) is 2.70. The Hall–Kier alpha value is -2.24. The zero-order valence-corrected chi connectivity index (χ0v) is 11.0. The molecule has 6 nitrogen and oxygen atoms in total. The van der Waals surface area contributed by atoms with E-state index in [9.17, 15) is 9.59 Å². The fraction of sp³-hybridized carbons (Fsp3) is 0.385. The SMILES string of the molecule is CC(C)CNC(=O)Cn1c(=O)oc2ccc(N)cc21. The van der Waals surface area contributed by atoms with Gasteiger partial charge in [0.1, 0.15) is 6.54 Å². The molecule has 0 unspecified atom stereocenters. The van der Waals surface area contributed by atoms with Gasteiger partial charge in [-0.3, -0.25) is 9.36 Å². The number of carbonyl (C=O) groups is 1. The smallest absolute Gasteiger partial charge is 0.408 e. The highest BCUT2D eigenvalue weighted by molar-refractivity contribution is 5.81. The van der Waals surface area contributed by atoms with Crippen molar-refractivity contribution in [1.82, 2.24) is 9.88 Å². The van der Waals surface area contributed by atoms with Crippen molar-refractivity contribution in [2.75, 3.05) is 12.3 Å². The molecule has 0 aliphatic rings. The van der Waals surface area contributed by atoms with Crippen LogP contribution in [0.5, 0.6) is 0 Å². The Morgan fingerprint density at radius 2 is 2.21 bits per heavy atom. The molecule has 0 aliphatic carbocycles. The first-order valence-electron chi connectivity index (χ1n) is 6.13. The number of oxazole rings is 1. The number of hydrogen-bond acceptors (Lipinski definition) is 4. The van der Waals surface area contributed by atoms with Crippen LogP contribution < -0.4 is 16.8 Å². The standard InChI is InChI=1S/C13H17N3O3/c1-8(2)6-15-12(17)7-16-10-5-9(14)3-4-11(10)19-13(16)18/h3-5,8H,6-7,14H2,1-2H3,(H,15,17). The van der Waals surface area contributed by atoms with Crippen LogP contribution in [0.15, 0.2) is 27.4 Å². The predicted molar refractivity (Wildman–Crippen MR) is 72.7 cm³/mol. The van der Waals surface area contributed by atoms with Crippen molar-refractivity contribution in [2.45, 2.75) is 20.4 Å². The first kappa shape index (κ1) is 13.2. The van der Waals surface area contributed by atoms with E-state index in [0.29, 0.717) is 29.2 Å². The lowest BCUT2D eigenvalue weighted by Gasteiger charge is -2.07. The van der Waals surface area contributed by atoms with Gasteiger partial charge in [-0.15, -0.1) is 0 Å². The Labute approximate surface area is 110 Å². The second-order valence-electron chi connectivity index (χ2n) is 4.88. The van der Waals surface area contributed by atoms with Gasteiger partial charge in [-0.05, 0) is 24.1 Å². The Kier molecular flexibility index (Phi) is 3.59. The van der Waals surface area contributed by atoms with Crippen molar-refractivity contribution in [3.05, 3.63) is 28.7 Å². The average Bonchev–Trinajstić information content (AvgIpc) is 2.63. The van der Waals surface area contributed by atoms with Gasteiger partial charge in [-0.25, -0.2) is 4.79 Å². The number of carbonyl (C=O) groups excluding carboxylic acids is 1. The summed E-state index contributed by atoms with van der Waals surface area (Å²) in [5.74, 6) is -0.418. The van der Waals surface area contributed by atoms with Crippen LogP contribution >= 0.6 is 0 Å². The maximum absolute atomic E-state index is 11.8. The van der Waals surface area contributed by atoms with Crippen LogP contribution in [0.1, 0.15) is 13.8 Å². The van der Waals surface area contributed by atoms with Crippen LogP contribution in [0.2, 0.25) is 0 Å². The molecule has 1 heterocycles. The van der Waals surface area contributed by atoms with Crippen molar-refractivity contribution >= 4 is 22.7 Å². The molecule has 2 aromatic rings. The van der Waals surface area contributed by atoms with Crippen molar-refractivity contribution in [1.29, 1.82) is 0 Å². The van der Waals surface area contributed by atoms with Gasteiger partial charge in [0.25, 0.3) is 0 Å². The Balaban J connectivity index is 2.25.